The minimum Gasteiger partial charge on any atom is -0.406 e. The van der Waals surface area contributed by atoms with Gasteiger partial charge in [-0.25, -0.2) is 0 Å². The van der Waals surface area contributed by atoms with Crippen LogP contribution in [0.15, 0.2) is 60.8 Å². The molecule has 0 aliphatic heterocycles. The summed E-state index contributed by atoms with van der Waals surface area (Å²) in [7, 11) is 0. The maximum absolute atomic E-state index is 12.1. The molecular weight excluding hydrogens is 319 g/mol. The van der Waals surface area contributed by atoms with Crippen molar-refractivity contribution >= 4 is 11.5 Å². The zero-order valence-electron chi connectivity index (χ0n) is 12.9. The number of rotatable bonds is 6. The van der Waals surface area contributed by atoms with Gasteiger partial charge in [-0.1, -0.05) is 31.2 Å². The van der Waals surface area contributed by atoms with Gasteiger partial charge in [0.05, 0.1) is 0 Å². The lowest BCUT2D eigenvalue weighted by Crippen LogP contribution is -2.16. The van der Waals surface area contributed by atoms with Crippen LogP contribution in [-0.2, 0) is 6.42 Å². The first-order chi connectivity index (χ1) is 11.4. The lowest BCUT2D eigenvalue weighted by molar-refractivity contribution is -0.274. The van der Waals surface area contributed by atoms with Crippen LogP contribution in [0.4, 0.5) is 18.9 Å². The van der Waals surface area contributed by atoms with Gasteiger partial charge in [0.15, 0.2) is 5.78 Å². The number of benzene rings is 2. The van der Waals surface area contributed by atoms with E-state index in [2.05, 4.69) is 10.1 Å². The Morgan fingerprint density at radius 2 is 1.71 bits per heavy atom. The van der Waals surface area contributed by atoms with Crippen molar-refractivity contribution < 1.29 is 22.7 Å². The lowest BCUT2D eigenvalue weighted by atomic mass is 10.1. The minimum atomic E-state index is -4.71. The molecule has 0 unspecified atom stereocenters. The summed E-state index contributed by atoms with van der Waals surface area (Å²) in [4.78, 5) is 12.0. The third kappa shape index (κ3) is 5.46. The second-order valence-corrected chi connectivity index (χ2v) is 4.96. The number of anilines is 1. The van der Waals surface area contributed by atoms with Gasteiger partial charge >= 0.3 is 6.36 Å². The van der Waals surface area contributed by atoms with E-state index in [0.29, 0.717) is 11.3 Å². The van der Waals surface area contributed by atoms with Gasteiger partial charge in [0.1, 0.15) is 5.75 Å². The monoisotopic (exact) mass is 335 g/mol. The van der Waals surface area contributed by atoms with Crippen molar-refractivity contribution in [2.45, 2.75) is 19.7 Å². The largest absolute Gasteiger partial charge is 0.573 e. The summed E-state index contributed by atoms with van der Waals surface area (Å²) in [5.41, 5.74) is 2.25. The molecule has 0 saturated carbocycles. The predicted octanol–water partition coefficient (Wildman–Crippen LogP) is 4.96. The van der Waals surface area contributed by atoms with E-state index in [9.17, 15) is 18.0 Å². The number of alkyl halides is 3. The molecule has 6 heteroatoms. The van der Waals surface area contributed by atoms with Gasteiger partial charge in [-0.2, -0.15) is 0 Å². The summed E-state index contributed by atoms with van der Waals surface area (Å²) in [5.74, 6) is -0.466. The van der Waals surface area contributed by atoms with Crippen molar-refractivity contribution in [3.63, 3.8) is 0 Å². The van der Waals surface area contributed by atoms with E-state index in [1.165, 1.54) is 36.5 Å². The summed E-state index contributed by atoms with van der Waals surface area (Å²) in [6.07, 6.45) is -1.01. The fraction of sp³-hybridized carbons (Fsp3) is 0.167. The van der Waals surface area contributed by atoms with Crippen LogP contribution in [0, 0.1) is 0 Å². The van der Waals surface area contributed by atoms with Gasteiger partial charge in [-0.3, -0.25) is 4.79 Å². The summed E-state index contributed by atoms with van der Waals surface area (Å²) in [6.45, 7) is 2.03. The maximum Gasteiger partial charge on any atom is 0.573 e. The number of carbonyl (C=O) groups is 1. The molecule has 0 saturated heterocycles. The van der Waals surface area contributed by atoms with Gasteiger partial charge in [0, 0.05) is 23.5 Å². The number of ketones is 1. The highest BCUT2D eigenvalue weighted by Crippen LogP contribution is 2.23. The first-order valence-electron chi connectivity index (χ1n) is 7.29. The first kappa shape index (κ1) is 17.6. The summed E-state index contributed by atoms with van der Waals surface area (Å²) in [5, 5.41) is 2.82. The Hall–Kier alpha value is -2.76. The molecule has 0 fully saturated rings. The van der Waals surface area contributed by atoms with Gasteiger partial charge < -0.3 is 10.1 Å². The van der Waals surface area contributed by atoms with Crippen LogP contribution >= 0.6 is 0 Å². The van der Waals surface area contributed by atoms with E-state index in [-0.39, 0.29) is 11.5 Å². The molecule has 24 heavy (non-hydrogen) atoms. The molecule has 2 aromatic rings. The van der Waals surface area contributed by atoms with Crippen LogP contribution in [0.2, 0.25) is 0 Å². The number of aryl methyl sites for hydroxylation is 1. The van der Waals surface area contributed by atoms with Crippen molar-refractivity contribution in [1.29, 1.82) is 0 Å². The minimum absolute atomic E-state index is 0.165. The predicted molar refractivity (Wildman–Crippen MR) is 86.0 cm³/mol. The van der Waals surface area contributed by atoms with Crippen molar-refractivity contribution in [2.24, 2.45) is 0 Å². The molecule has 2 rings (SSSR count). The van der Waals surface area contributed by atoms with E-state index < -0.39 is 6.36 Å². The Morgan fingerprint density at radius 1 is 1.08 bits per heavy atom. The van der Waals surface area contributed by atoms with Crippen molar-refractivity contribution in [2.75, 3.05) is 5.32 Å². The average molecular weight is 335 g/mol. The Labute approximate surface area is 137 Å². The van der Waals surface area contributed by atoms with E-state index in [4.69, 9.17) is 0 Å². The van der Waals surface area contributed by atoms with Crippen molar-refractivity contribution in [1.82, 2.24) is 0 Å². The Kier molecular flexibility index (Phi) is 5.63. The van der Waals surface area contributed by atoms with Crippen molar-refractivity contribution in [3.8, 4) is 5.75 Å². The molecule has 0 atom stereocenters. The van der Waals surface area contributed by atoms with Gasteiger partial charge in [0.25, 0.3) is 0 Å². The third-order valence-electron chi connectivity index (χ3n) is 3.22. The van der Waals surface area contributed by atoms with Crippen LogP contribution < -0.4 is 10.1 Å². The van der Waals surface area contributed by atoms with Crippen LogP contribution in [0.25, 0.3) is 0 Å². The molecule has 0 spiro atoms. The third-order valence-corrected chi connectivity index (χ3v) is 3.22. The van der Waals surface area contributed by atoms with E-state index >= 15 is 0 Å². The van der Waals surface area contributed by atoms with Crippen LogP contribution in [-0.4, -0.2) is 12.1 Å². The maximum atomic E-state index is 12.1. The van der Waals surface area contributed by atoms with E-state index in [0.717, 1.165) is 12.0 Å². The molecule has 0 amide bonds. The second kappa shape index (κ2) is 7.68. The lowest BCUT2D eigenvalue weighted by Gasteiger charge is -2.09. The number of nitrogens with one attached hydrogen (secondary N) is 1. The molecule has 0 aromatic heterocycles. The van der Waals surface area contributed by atoms with E-state index in [1.807, 2.05) is 19.1 Å². The number of ether oxygens (including phenoxy) is 1. The highest BCUT2D eigenvalue weighted by molar-refractivity contribution is 6.04. The Bertz CT molecular complexity index is 705. The molecule has 0 heterocycles. The number of allylic oxidation sites excluding steroid dienone is 1. The number of hydrogen-bond donors (Lipinski definition) is 1. The molecule has 1 N–H and O–H groups in total. The second-order valence-electron chi connectivity index (χ2n) is 4.96. The van der Waals surface area contributed by atoms with Crippen molar-refractivity contribution in [3.05, 3.63) is 71.9 Å². The Morgan fingerprint density at radius 3 is 2.25 bits per heavy atom. The van der Waals surface area contributed by atoms with Crippen LogP contribution in [0.1, 0.15) is 22.8 Å². The molecule has 3 nitrogen and oxygen atoms in total. The molecule has 0 aliphatic carbocycles. The number of hydrogen-bond acceptors (Lipinski definition) is 3. The van der Waals surface area contributed by atoms with Crippen LogP contribution in [0.3, 0.4) is 0 Å². The molecule has 2 aromatic carbocycles. The molecular formula is C18H16F3NO2. The van der Waals surface area contributed by atoms with Gasteiger partial charge in [0.2, 0.25) is 0 Å². The fourth-order valence-corrected chi connectivity index (χ4v) is 1.97. The highest BCUT2D eigenvalue weighted by atomic mass is 19.4. The van der Waals surface area contributed by atoms with Crippen LogP contribution in [0.5, 0.6) is 5.75 Å². The average Bonchev–Trinajstić information content (AvgIpc) is 2.55. The zero-order chi connectivity index (χ0) is 17.6. The Balaban J connectivity index is 1.92. The fourth-order valence-electron chi connectivity index (χ4n) is 1.97. The summed E-state index contributed by atoms with van der Waals surface area (Å²) >= 11 is 0. The topological polar surface area (TPSA) is 38.3 Å². The van der Waals surface area contributed by atoms with E-state index in [1.54, 1.807) is 12.1 Å². The SMILES string of the molecule is CCc1ccc(C(=O)C=CNc2ccc(OC(F)(F)F)cc2)cc1. The number of carbonyl (C=O) groups excluding carboxylic acids is 1. The molecule has 126 valence electrons. The molecule has 0 bridgehead atoms. The summed E-state index contributed by atoms with van der Waals surface area (Å²) < 4.78 is 39.9. The smallest absolute Gasteiger partial charge is 0.406 e. The highest BCUT2D eigenvalue weighted by Gasteiger charge is 2.30. The summed E-state index contributed by atoms with van der Waals surface area (Å²) in [6, 6.07) is 12.5. The molecule has 0 aliphatic rings. The normalized spacial score (nSPS) is 11.5. The zero-order valence-corrected chi connectivity index (χ0v) is 12.9. The first-order valence-corrected chi connectivity index (χ1v) is 7.29. The molecule has 0 radical (unpaired) electrons. The number of halogens is 3. The van der Waals surface area contributed by atoms with Gasteiger partial charge in [-0.05, 0) is 36.2 Å². The quantitative estimate of drug-likeness (QED) is 0.599. The van der Waals surface area contributed by atoms with Gasteiger partial charge in [-0.15, -0.1) is 13.2 Å². The standard InChI is InChI=1S/C18H16F3NO2/c1-2-13-3-5-14(6-4-13)17(23)11-12-22-15-7-9-16(10-8-15)24-18(19,20)21/h3-12,22H,2H2,1H3.